The zero-order valence-electron chi connectivity index (χ0n) is 17.5. The average Bonchev–Trinajstić information content (AvgIpc) is 2.75. The molecule has 1 atom stereocenters. The summed E-state index contributed by atoms with van der Waals surface area (Å²) in [5.41, 5.74) is 1.74. The zero-order chi connectivity index (χ0) is 21.6. The van der Waals surface area contributed by atoms with E-state index in [1.54, 1.807) is 19.1 Å². The number of ketones is 1. The number of hydrogen-bond donors (Lipinski definition) is 0. The SMILES string of the molecule is Cc1ccc(C(=O)CC(C)(C#N)COc2cc(C)ccc2Oc2ccccc2)cc1. The number of nitrogens with zero attached hydrogens (tertiary/aromatic N) is 1. The maximum Gasteiger partial charge on any atom is 0.169 e. The Bertz CT molecular complexity index is 1050. The Morgan fingerprint density at radius 1 is 0.933 bits per heavy atom. The van der Waals surface area contributed by atoms with Crippen LogP contribution in [-0.4, -0.2) is 12.4 Å². The Labute approximate surface area is 177 Å². The van der Waals surface area contributed by atoms with E-state index in [1.807, 2.05) is 74.5 Å². The lowest BCUT2D eigenvalue weighted by Crippen LogP contribution is -2.27. The number of aryl methyl sites for hydroxylation is 2. The van der Waals surface area contributed by atoms with Gasteiger partial charge in [0, 0.05) is 12.0 Å². The van der Waals surface area contributed by atoms with Gasteiger partial charge in [0.1, 0.15) is 12.4 Å². The lowest BCUT2D eigenvalue weighted by atomic mass is 9.85. The third-order valence-electron chi connectivity index (χ3n) is 4.81. The molecule has 0 spiro atoms. The molecule has 1 unspecified atom stereocenters. The van der Waals surface area contributed by atoms with Gasteiger partial charge in [-0.05, 0) is 50.6 Å². The first-order valence-electron chi connectivity index (χ1n) is 9.86. The molecule has 0 heterocycles. The van der Waals surface area contributed by atoms with E-state index >= 15 is 0 Å². The standard InChI is InChI=1S/C26H25NO3/c1-19-9-12-21(13-10-19)23(28)16-26(3,17-27)18-29-25-15-20(2)11-14-24(25)30-22-7-5-4-6-8-22/h4-15H,16,18H2,1-3H3. The zero-order valence-corrected chi connectivity index (χ0v) is 17.5. The molecule has 0 fully saturated rings. The van der Waals surface area contributed by atoms with Crippen molar-refractivity contribution in [2.24, 2.45) is 5.41 Å². The topological polar surface area (TPSA) is 59.3 Å². The molecule has 0 N–H and O–H groups in total. The number of benzene rings is 3. The number of para-hydroxylation sites is 1. The lowest BCUT2D eigenvalue weighted by molar-refractivity contribution is 0.0913. The molecule has 3 rings (SSSR count). The predicted octanol–water partition coefficient (Wildman–Crippen LogP) is 6.28. The highest BCUT2D eigenvalue weighted by Crippen LogP contribution is 2.34. The minimum atomic E-state index is -0.963. The minimum Gasteiger partial charge on any atom is -0.488 e. The molecule has 0 saturated heterocycles. The monoisotopic (exact) mass is 399 g/mol. The van der Waals surface area contributed by atoms with Gasteiger partial charge in [0.25, 0.3) is 0 Å². The molecule has 3 aromatic rings. The van der Waals surface area contributed by atoms with Crippen LogP contribution >= 0.6 is 0 Å². The molecular formula is C26H25NO3. The Morgan fingerprint density at radius 3 is 2.27 bits per heavy atom. The molecule has 4 heteroatoms. The first-order valence-corrected chi connectivity index (χ1v) is 9.86. The van der Waals surface area contributed by atoms with Gasteiger partial charge in [0.15, 0.2) is 17.3 Å². The van der Waals surface area contributed by atoms with Gasteiger partial charge >= 0.3 is 0 Å². The number of nitriles is 1. The fourth-order valence-corrected chi connectivity index (χ4v) is 2.98. The van der Waals surface area contributed by atoms with Gasteiger partial charge in [-0.2, -0.15) is 5.26 Å². The van der Waals surface area contributed by atoms with Crippen molar-refractivity contribution in [2.45, 2.75) is 27.2 Å². The van der Waals surface area contributed by atoms with Crippen molar-refractivity contribution in [3.8, 4) is 23.3 Å². The molecule has 0 aliphatic heterocycles. The quantitative estimate of drug-likeness (QED) is 0.418. The highest BCUT2D eigenvalue weighted by molar-refractivity contribution is 5.96. The van der Waals surface area contributed by atoms with Crippen LogP contribution in [0.5, 0.6) is 17.2 Å². The summed E-state index contributed by atoms with van der Waals surface area (Å²) in [5, 5.41) is 9.75. The van der Waals surface area contributed by atoms with Gasteiger partial charge in [-0.15, -0.1) is 0 Å². The van der Waals surface area contributed by atoms with E-state index in [2.05, 4.69) is 6.07 Å². The van der Waals surface area contributed by atoms with Crippen LogP contribution in [0.25, 0.3) is 0 Å². The molecule has 0 bridgehead atoms. The summed E-state index contributed by atoms with van der Waals surface area (Å²) in [7, 11) is 0. The van der Waals surface area contributed by atoms with Gasteiger partial charge in [0.05, 0.1) is 11.5 Å². The lowest BCUT2D eigenvalue weighted by Gasteiger charge is -2.22. The summed E-state index contributed by atoms with van der Waals surface area (Å²) in [4.78, 5) is 12.7. The normalized spacial score (nSPS) is 12.5. The average molecular weight is 399 g/mol. The van der Waals surface area contributed by atoms with Crippen molar-refractivity contribution in [3.05, 3.63) is 89.5 Å². The van der Waals surface area contributed by atoms with Gasteiger partial charge in [-0.1, -0.05) is 54.1 Å². The Kier molecular flexibility index (Phi) is 6.54. The van der Waals surface area contributed by atoms with Crippen LogP contribution in [0.3, 0.4) is 0 Å². The Hall–Kier alpha value is -3.58. The van der Waals surface area contributed by atoms with E-state index in [9.17, 15) is 10.1 Å². The smallest absolute Gasteiger partial charge is 0.169 e. The van der Waals surface area contributed by atoms with Crippen molar-refractivity contribution in [3.63, 3.8) is 0 Å². The van der Waals surface area contributed by atoms with E-state index in [4.69, 9.17) is 9.47 Å². The van der Waals surface area contributed by atoms with Gasteiger partial charge in [0.2, 0.25) is 0 Å². The second-order valence-corrected chi connectivity index (χ2v) is 7.79. The molecular weight excluding hydrogens is 374 g/mol. The number of carbonyl (C=O) groups is 1. The van der Waals surface area contributed by atoms with Crippen molar-refractivity contribution < 1.29 is 14.3 Å². The third-order valence-corrected chi connectivity index (χ3v) is 4.81. The minimum absolute atomic E-state index is 0.0762. The van der Waals surface area contributed by atoms with E-state index in [-0.39, 0.29) is 18.8 Å². The number of carbonyl (C=O) groups excluding carboxylic acids is 1. The number of ether oxygens (including phenoxy) is 2. The van der Waals surface area contributed by atoms with Crippen molar-refractivity contribution in [1.82, 2.24) is 0 Å². The van der Waals surface area contributed by atoms with Crippen LogP contribution < -0.4 is 9.47 Å². The van der Waals surface area contributed by atoms with Crippen LogP contribution in [0.4, 0.5) is 0 Å². The van der Waals surface area contributed by atoms with Gasteiger partial charge < -0.3 is 9.47 Å². The number of Topliss-reactive ketones (excluding diaryl/α,β-unsaturated/α-hetero) is 1. The maximum absolute atomic E-state index is 12.7. The van der Waals surface area contributed by atoms with Gasteiger partial charge in [-0.3, -0.25) is 4.79 Å². The van der Waals surface area contributed by atoms with E-state index in [1.165, 1.54) is 0 Å². The molecule has 30 heavy (non-hydrogen) atoms. The molecule has 3 aromatic carbocycles. The summed E-state index contributed by atoms with van der Waals surface area (Å²) in [5.74, 6) is 1.73. The van der Waals surface area contributed by atoms with Crippen LogP contribution in [0.15, 0.2) is 72.8 Å². The van der Waals surface area contributed by atoms with Crippen LogP contribution in [0.1, 0.15) is 34.8 Å². The molecule has 4 nitrogen and oxygen atoms in total. The first kappa shape index (κ1) is 21.1. The fraction of sp³-hybridized carbons (Fsp3) is 0.231. The second-order valence-electron chi connectivity index (χ2n) is 7.79. The van der Waals surface area contributed by atoms with Crippen LogP contribution in [0, 0.1) is 30.6 Å². The highest BCUT2D eigenvalue weighted by atomic mass is 16.5. The number of rotatable bonds is 8. The Balaban J connectivity index is 1.73. The van der Waals surface area contributed by atoms with E-state index in [0.717, 1.165) is 11.1 Å². The van der Waals surface area contributed by atoms with Gasteiger partial charge in [-0.25, -0.2) is 0 Å². The van der Waals surface area contributed by atoms with Crippen molar-refractivity contribution >= 4 is 5.78 Å². The summed E-state index contributed by atoms with van der Waals surface area (Å²) < 4.78 is 12.0. The summed E-state index contributed by atoms with van der Waals surface area (Å²) in [6.45, 7) is 5.75. The number of hydrogen-bond acceptors (Lipinski definition) is 4. The van der Waals surface area contributed by atoms with Crippen LogP contribution in [0.2, 0.25) is 0 Å². The maximum atomic E-state index is 12.7. The van der Waals surface area contributed by atoms with Crippen LogP contribution in [-0.2, 0) is 0 Å². The first-order chi connectivity index (χ1) is 14.4. The highest BCUT2D eigenvalue weighted by Gasteiger charge is 2.29. The molecule has 0 aliphatic carbocycles. The molecule has 0 radical (unpaired) electrons. The molecule has 152 valence electrons. The third kappa shape index (κ3) is 5.48. The molecule has 0 amide bonds. The summed E-state index contributed by atoms with van der Waals surface area (Å²) in [6, 6.07) is 24.7. The van der Waals surface area contributed by atoms with Crippen molar-refractivity contribution in [1.29, 1.82) is 5.26 Å². The molecule has 0 saturated carbocycles. The van der Waals surface area contributed by atoms with E-state index in [0.29, 0.717) is 22.8 Å². The predicted molar refractivity (Wildman–Crippen MR) is 117 cm³/mol. The summed E-state index contributed by atoms with van der Waals surface area (Å²) in [6.07, 6.45) is 0.0766. The largest absolute Gasteiger partial charge is 0.488 e. The molecule has 0 aliphatic rings. The second kappa shape index (κ2) is 9.28. The summed E-state index contributed by atoms with van der Waals surface area (Å²) >= 11 is 0. The van der Waals surface area contributed by atoms with E-state index < -0.39 is 5.41 Å². The molecule has 0 aromatic heterocycles. The Morgan fingerprint density at radius 2 is 1.60 bits per heavy atom. The van der Waals surface area contributed by atoms with Crippen molar-refractivity contribution in [2.75, 3.05) is 6.61 Å². The fourth-order valence-electron chi connectivity index (χ4n) is 2.98.